The lowest BCUT2D eigenvalue weighted by Gasteiger charge is -2.10. The molecule has 0 atom stereocenters. The smallest absolute Gasteiger partial charge is 0.263 e. The number of hydrogen-bond acceptors (Lipinski definition) is 5. The van der Waals surface area contributed by atoms with Gasteiger partial charge < -0.3 is 4.74 Å². The summed E-state index contributed by atoms with van der Waals surface area (Å²) in [6.07, 6.45) is 0. The monoisotopic (exact) mass is 408 g/mol. The molecule has 0 fully saturated rings. The summed E-state index contributed by atoms with van der Waals surface area (Å²) in [6, 6.07) is 12.7. The van der Waals surface area contributed by atoms with E-state index in [2.05, 4.69) is 4.98 Å². The SMILES string of the molecule is COc1ccc(-c2csc3nc(C)n(CC(=O)c4ccc(F)cc4)c(=O)c23)cc1. The van der Waals surface area contributed by atoms with Gasteiger partial charge in [-0.3, -0.25) is 14.2 Å². The van der Waals surface area contributed by atoms with Crippen LogP contribution < -0.4 is 10.3 Å². The van der Waals surface area contributed by atoms with Gasteiger partial charge in [-0.05, 0) is 48.9 Å². The summed E-state index contributed by atoms with van der Waals surface area (Å²) in [5, 5.41) is 2.38. The van der Waals surface area contributed by atoms with E-state index >= 15 is 0 Å². The number of methoxy groups -OCH3 is 1. The molecule has 0 saturated heterocycles. The first-order valence-corrected chi connectivity index (χ1v) is 9.77. The van der Waals surface area contributed by atoms with Gasteiger partial charge in [0.1, 0.15) is 22.2 Å². The van der Waals surface area contributed by atoms with E-state index in [1.165, 1.54) is 40.2 Å². The highest BCUT2D eigenvalue weighted by Gasteiger charge is 2.17. The third-order valence-electron chi connectivity index (χ3n) is 4.75. The Morgan fingerprint density at radius 1 is 1.14 bits per heavy atom. The Labute approximate surface area is 170 Å². The van der Waals surface area contributed by atoms with E-state index < -0.39 is 5.82 Å². The second-order valence-electron chi connectivity index (χ2n) is 6.54. The minimum Gasteiger partial charge on any atom is -0.497 e. The van der Waals surface area contributed by atoms with Crippen LogP contribution in [0.2, 0.25) is 0 Å². The van der Waals surface area contributed by atoms with E-state index in [-0.39, 0.29) is 17.9 Å². The molecule has 2 aromatic carbocycles. The van der Waals surface area contributed by atoms with Crippen molar-refractivity contribution in [2.45, 2.75) is 13.5 Å². The fourth-order valence-electron chi connectivity index (χ4n) is 3.17. The number of fused-ring (bicyclic) bond motifs is 1. The fourth-order valence-corrected chi connectivity index (χ4v) is 4.15. The molecule has 146 valence electrons. The molecule has 2 heterocycles. The Balaban J connectivity index is 1.78. The maximum absolute atomic E-state index is 13.2. The van der Waals surface area contributed by atoms with Crippen LogP contribution in [0.25, 0.3) is 21.3 Å². The molecule has 0 saturated carbocycles. The summed E-state index contributed by atoms with van der Waals surface area (Å²) in [6.45, 7) is 1.54. The Kier molecular flexibility index (Phi) is 4.98. The molecule has 0 spiro atoms. The lowest BCUT2D eigenvalue weighted by Crippen LogP contribution is -2.27. The van der Waals surface area contributed by atoms with Crippen LogP contribution >= 0.6 is 11.3 Å². The molecule has 0 amide bonds. The number of carbonyl (C=O) groups excluding carboxylic acids is 1. The predicted octanol–water partition coefficient (Wildman–Crippen LogP) is 4.46. The van der Waals surface area contributed by atoms with Crippen LogP contribution in [0.3, 0.4) is 0 Å². The van der Waals surface area contributed by atoms with Gasteiger partial charge in [-0.2, -0.15) is 0 Å². The van der Waals surface area contributed by atoms with Crippen LogP contribution in [0.15, 0.2) is 58.7 Å². The van der Waals surface area contributed by atoms with Crippen molar-refractivity contribution in [2.75, 3.05) is 7.11 Å². The van der Waals surface area contributed by atoms with Gasteiger partial charge in [-0.25, -0.2) is 9.37 Å². The van der Waals surface area contributed by atoms with E-state index in [1.54, 1.807) is 14.0 Å². The van der Waals surface area contributed by atoms with Crippen LogP contribution in [-0.4, -0.2) is 22.4 Å². The van der Waals surface area contributed by atoms with E-state index in [4.69, 9.17) is 4.74 Å². The Bertz CT molecular complexity index is 1260. The van der Waals surface area contributed by atoms with Crippen molar-refractivity contribution in [1.29, 1.82) is 0 Å². The normalized spacial score (nSPS) is 11.0. The summed E-state index contributed by atoms with van der Waals surface area (Å²) in [5.41, 5.74) is 1.72. The predicted molar refractivity (Wildman–Crippen MR) is 111 cm³/mol. The standard InChI is InChI=1S/C22H17FN2O3S/c1-13-24-21-20(18(12-29-21)14-5-9-17(28-2)10-6-14)22(27)25(13)11-19(26)15-3-7-16(23)8-4-15/h3-10,12H,11H2,1-2H3. The average molecular weight is 408 g/mol. The van der Waals surface area contributed by atoms with E-state index in [0.717, 1.165) is 16.9 Å². The molecule has 2 aromatic heterocycles. The molecule has 0 bridgehead atoms. The number of benzene rings is 2. The summed E-state index contributed by atoms with van der Waals surface area (Å²) >= 11 is 1.39. The third kappa shape index (κ3) is 3.56. The average Bonchev–Trinajstić information content (AvgIpc) is 3.15. The first-order chi connectivity index (χ1) is 14.0. The summed E-state index contributed by atoms with van der Waals surface area (Å²) in [5.74, 6) is 0.489. The van der Waals surface area contributed by atoms with Crippen molar-refractivity contribution >= 4 is 27.3 Å². The summed E-state index contributed by atoms with van der Waals surface area (Å²) in [7, 11) is 1.60. The second kappa shape index (κ2) is 7.60. The Morgan fingerprint density at radius 2 is 1.83 bits per heavy atom. The lowest BCUT2D eigenvalue weighted by atomic mass is 10.1. The first-order valence-electron chi connectivity index (χ1n) is 8.90. The maximum atomic E-state index is 13.2. The number of nitrogens with zero attached hydrogens (tertiary/aromatic N) is 2. The first kappa shape index (κ1) is 19.0. The molecule has 7 heteroatoms. The Hall–Kier alpha value is -3.32. The maximum Gasteiger partial charge on any atom is 0.263 e. The van der Waals surface area contributed by atoms with E-state index in [1.807, 2.05) is 29.6 Å². The molecule has 0 aliphatic heterocycles. The highest BCUT2D eigenvalue weighted by Crippen LogP contribution is 2.32. The van der Waals surface area contributed by atoms with Crippen LogP contribution in [0.5, 0.6) is 5.75 Å². The van der Waals surface area contributed by atoms with Gasteiger partial charge in [0, 0.05) is 16.5 Å². The molecule has 0 unspecified atom stereocenters. The summed E-state index contributed by atoms with van der Waals surface area (Å²) < 4.78 is 19.7. The van der Waals surface area contributed by atoms with Crippen molar-refractivity contribution in [3.63, 3.8) is 0 Å². The Morgan fingerprint density at radius 3 is 2.48 bits per heavy atom. The number of aryl methyl sites for hydroxylation is 1. The number of aromatic nitrogens is 2. The molecular formula is C22H17FN2O3S. The van der Waals surface area contributed by atoms with Gasteiger partial charge in [-0.15, -0.1) is 11.3 Å². The number of thiophene rings is 1. The number of halogens is 1. The molecule has 5 nitrogen and oxygen atoms in total. The zero-order valence-electron chi connectivity index (χ0n) is 15.8. The van der Waals surface area contributed by atoms with Crippen molar-refractivity contribution in [2.24, 2.45) is 0 Å². The van der Waals surface area contributed by atoms with Gasteiger partial charge >= 0.3 is 0 Å². The minimum absolute atomic E-state index is 0.156. The van der Waals surface area contributed by atoms with Crippen molar-refractivity contribution in [1.82, 2.24) is 9.55 Å². The lowest BCUT2D eigenvalue weighted by molar-refractivity contribution is 0.0969. The largest absolute Gasteiger partial charge is 0.497 e. The quantitative estimate of drug-likeness (QED) is 0.457. The fraction of sp³-hybridized carbons (Fsp3) is 0.136. The van der Waals surface area contributed by atoms with Gasteiger partial charge in [-0.1, -0.05) is 12.1 Å². The molecule has 0 radical (unpaired) electrons. The van der Waals surface area contributed by atoms with Gasteiger partial charge in [0.2, 0.25) is 0 Å². The van der Waals surface area contributed by atoms with E-state index in [9.17, 15) is 14.0 Å². The number of ether oxygens (including phenoxy) is 1. The highest BCUT2D eigenvalue weighted by molar-refractivity contribution is 7.17. The van der Waals surface area contributed by atoms with Crippen molar-refractivity contribution < 1.29 is 13.9 Å². The topological polar surface area (TPSA) is 61.2 Å². The van der Waals surface area contributed by atoms with Gasteiger partial charge in [0.25, 0.3) is 5.56 Å². The molecule has 0 N–H and O–H groups in total. The van der Waals surface area contributed by atoms with Crippen LogP contribution in [-0.2, 0) is 6.54 Å². The van der Waals surface area contributed by atoms with Gasteiger partial charge in [0.05, 0.1) is 19.0 Å². The summed E-state index contributed by atoms with van der Waals surface area (Å²) in [4.78, 5) is 31.0. The molecule has 29 heavy (non-hydrogen) atoms. The molecule has 4 rings (SSSR count). The highest BCUT2D eigenvalue weighted by atomic mass is 32.1. The molecule has 0 aliphatic carbocycles. The molecule has 0 aliphatic rings. The second-order valence-corrected chi connectivity index (χ2v) is 7.40. The molecule has 4 aromatic rings. The van der Waals surface area contributed by atoms with Crippen LogP contribution in [0, 0.1) is 12.7 Å². The third-order valence-corrected chi connectivity index (χ3v) is 5.63. The van der Waals surface area contributed by atoms with Crippen LogP contribution in [0.4, 0.5) is 4.39 Å². The zero-order valence-corrected chi connectivity index (χ0v) is 16.6. The minimum atomic E-state index is -0.416. The zero-order chi connectivity index (χ0) is 20.5. The number of hydrogen-bond donors (Lipinski definition) is 0. The number of carbonyl (C=O) groups is 1. The van der Waals surface area contributed by atoms with Crippen LogP contribution in [0.1, 0.15) is 16.2 Å². The molecular weight excluding hydrogens is 391 g/mol. The van der Waals surface area contributed by atoms with Gasteiger partial charge in [0.15, 0.2) is 5.78 Å². The number of rotatable bonds is 5. The van der Waals surface area contributed by atoms with Crippen molar-refractivity contribution in [3.8, 4) is 16.9 Å². The number of ketones is 1. The van der Waals surface area contributed by atoms with Crippen molar-refractivity contribution in [3.05, 3.63) is 81.5 Å². The van der Waals surface area contributed by atoms with E-state index in [0.29, 0.717) is 21.6 Å². The number of Topliss-reactive ketones (excluding diaryl/α,β-unsaturated/α-hetero) is 1.